The maximum absolute atomic E-state index is 5.99. The minimum Gasteiger partial charge on any atom is -0.459 e. The zero-order chi connectivity index (χ0) is 15.9. The molecule has 3 heteroatoms. The molecule has 23 heavy (non-hydrogen) atoms. The van der Waals surface area contributed by atoms with Gasteiger partial charge in [0.25, 0.3) is 0 Å². The molecular formula is C20H22N2O. The first kappa shape index (κ1) is 15.5. The van der Waals surface area contributed by atoms with E-state index in [-0.39, 0.29) is 6.23 Å². The molecular weight excluding hydrogens is 284 g/mol. The molecule has 0 aliphatic rings. The van der Waals surface area contributed by atoms with Crippen LogP contribution in [0.5, 0.6) is 5.88 Å². The molecule has 1 unspecified atom stereocenters. The summed E-state index contributed by atoms with van der Waals surface area (Å²) in [4.78, 5) is 4.57. The van der Waals surface area contributed by atoms with Gasteiger partial charge in [-0.2, -0.15) is 0 Å². The molecule has 0 amide bonds. The van der Waals surface area contributed by atoms with E-state index in [1.54, 1.807) is 0 Å². The van der Waals surface area contributed by atoms with Gasteiger partial charge in [-0.1, -0.05) is 55.5 Å². The Hall–Kier alpha value is -2.39. The summed E-state index contributed by atoms with van der Waals surface area (Å²) in [6, 6.07) is 22.5. The highest BCUT2D eigenvalue weighted by Gasteiger charge is 2.08. The van der Waals surface area contributed by atoms with Gasteiger partial charge in [-0.15, -0.1) is 0 Å². The topological polar surface area (TPSA) is 34.1 Å². The summed E-state index contributed by atoms with van der Waals surface area (Å²) in [5.41, 5.74) is 2.29. The van der Waals surface area contributed by atoms with E-state index >= 15 is 0 Å². The summed E-state index contributed by atoms with van der Waals surface area (Å²) in [6.07, 6.45) is 1.86. The minimum atomic E-state index is -0.0209. The Kier molecular flexibility index (Phi) is 5.22. The van der Waals surface area contributed by atoms with E-state index in [4.69, 9.17) is 4.74 Å². The number of para-hydroxylation sites is 1. The molecule has 118 valence electrons. The Morgan fingerprint density at radius 3 is 2.57 bits per heavy atom. The second-order valence-electron chi connectivity index (χ2n) is 5.55. The van der Waals surface area contributed by atoms with Crippen LogP contribution in [-0.2, 0) is 6.42 Å². The van der Waals surface area contributed by atoms with Crippen LogP contribution in [0.3, 0.4) is 0 Å². The van der Waals surface area contributed by atoms with Crippen LogP contribution in [0.15, 0.2) is 66.7 Å². The Morgan fingerprint density at radius 1 is 0.957 bits per heavy atom. The molecule has 1 N–H and O–H groups in total. The molecule has 0 spiro atoms. The minimum absolute atomic E-state index is 0.0209. The van der Waals surface area contributed by atoms with Crippen LogP contribution in [0.2, 0.25) is 0 Å². The van der Waals surface area contributed by atoms with Crippen molar-refractivity contribution in [2.75, 3.05) is 6.54 Å². The van der Waals surface area contributed by atoms with E-state index in [1.165, 1.54) is 5.56 Å². The molecule has 0 aliphatic carbocycles. The summed E-state index contributed by atoms with van der Waals surface area (Å²) in [6.45, 7) is 3.00. The summed E-state index contributed by atoms with van der Waals surface area (Å²) in [5, 5.41) is 4.58. The fraction of sp³-hybridized carbons (Fsp3) is 0.250. The zero-order valence-electron chi connectivity index (χ0n) is 13.4. The van der Waals surface area contributed by atoms with E-state index < -0.39 is 0 Å². The summed E-state index contributed by atoms with van der Waals surface area (Å²) in [5.74, 6) is 0.669. The van der Waals surface area contributed by atoms with Crippen LogP contribution in [0.1, 0.15) is 18.9 Å². The van der Waals surface area contributed by atoms with Gasteiger partial charge in [-0.3, -0.25) is 5.32 Å². The Balaban J connectivity index is 1.57. The van der Waals surface area contributed by atoms with Crippen molar-refractivity contribution in [3.8, 4) is 5.88 Å². The maximum Gasteiger partial charge on any atom is 0.215 e. The Labute approximate surface area is 137 Å². The number of nitrogens with zero attached hydrogens (tertiary/aromatic N) is 1. The van der Waals surface area contributed by atoms with Gasteiger partial charge in [0.2, 0.25) is 5.88 Å². The van der Waals surface area contributed by atoms with Gasteiger partial charge in [-0.05, 0) is 30.5 Å². The lowest BCUT2D eigenvalue weighted by Crippen LogP contribution is -2.35. The highest BCUT2D eigenvalue weighted by Crippen LogP contribution is 2.17. The Morgan fingerprint density at radius 2 is 1.74 bits per heavy atom. The molecule has 1 heterocycles. The monoisotopic (exact) mass is 306 g/mol. The summed E-state index contributed by atoms with van der Waals surface area (Å²) < 4.78 is 5.99. The molecule has 0 saturated heterocycles. The van der Waals surface area contributed by atoms with Crippen molar-refractivity contribution in [3.63, 3.8) is 0 Å². The van der Waals surface area contributed by atoms with Crippen molar-refractivity contribution in [1.29, 1.82) is 0 Å². The third kappa shape index (κ3) is 4.30. The van der Waals surface area contributed by atoms with Crippen LogP contribution in [0, 0.1) is 0 Å². The first-order valence-corrected chi connectivity index (χ1v) is 8.15. The third-order valence-corrected chi connectivity index (χ3v) is 3.84. The highest BCUT2D eigenvalue weighted by atomic mass is 16.5. The molecule has 2 aromatic carbocycles. The number of benzene rings is 2. The second-order valence-corrected chi connectivity index (χ2v) is 5.55. The fourth-order valence-corrected chi connectivity index (χ4v) is 2.55. The lowest BCUT2D eigenvalue weighted by Gasteiger charge is -2.18. The van der Waals surface area contributed by atoms with Crippen LogP contribution in [0.4, 0.5) is 0 Å². The largest absolute Gasteiger partial charge is 0.459 e. The zero-order valence-corrected chi connectivity index (χ0v) is 13.4. The summed E-state index contributed by atoms with van der Waals surface area (Å²) >= 11 is 0. The lowest BCUT2D eigenvalue weighted by molar-refractivity contribution is 0.154. The molecule has 3 aromatic rings. The number of hydrogen-bond acceptors (Lipinski definition) is 3. The lowest BCUT2D eigenvalue weighted by atomic mass is 10.1. The molecule has 3 nitrogen and oxygen atoms in total. The molecule has 0 saturated carbocycles. The highest BCUT2D eigenvalue weighted by molar-refractivity contribution is 5.78. The van der Waals surface area contributed by atoms with Crippen molar-refractivity contribution in [3.05, 3.63) is 72.3 Å². The predicted octanol–water partition coefficient (Wildman–Crippen LogP) is 4.18. The van der Waals surface area contributed by atoms with Gasteiger partial charge in [0.15, 0.2) is 6.23 Å². The van der Waals surface area contributed by atoms with E-state index in [2.05, 4.69) is 47.6 Å². The average molecular weight is 306 g/mol. The van der Waals surface area contributed by atoms with Gasteiger partial charge in [0.05, 0.1) is 5.52 Å². The molecule has 0 radical (unpaired) electrons. The number of aromatic nitrogens is 1. The normalized spacial score (nSPS) is 12.2. The molecule has 0 fully saturated rings. The van der Waals surface area contributed by atoms with Crippen LogP contribution in [0.25, 0.3) is 10.9 Å². The molecule has 0 bridgehead atoms. The Bertz CT molecular complexity index is 743. The van der Waals surface area contributed by atoms with Crippen molar-refractivity contribution in [2.45, 2.75) is 26.0 Å². The van der Waals surface area contributed by atoms with Crippen molar-refractivity contribution in [1.82, 2.24) is 10.3 Å². The van der Waals surface area contributed by atoms with Crippen LogP contribution < -0.4 is 10.1 Å². The molecule has 1 atom stereocenters. The second kappa shape index (κ2) is 7.75. The number of ether oxygens (including phenoxy) is 1. The van der Waals surface area contributed by atoms with Gasteiger partial charge in [-0.25, -0.2) is 4.98 Å². The molecule has 3 rings (SSSR count). The van der Waals surface area contributed by atoms with E-state index in [1.807, 2.05) is 36.4 Å². The van der Waals surface area contributed by atoms with Gasteiger partial charge in [0.1, 0.15) is 0 Å². The maximum atomic E-state index is 5.99. The number of hydrogen-bond donors (Lipinski definition) is 1. The van der Waals surface area contributed by atoms with E-state index in [0.717, 1.165) is 30.3 Å². The predicted molar refractivity (Wildman–Crippen MR) is 94.6 cm³/mol. The first-order chi connectivity index (χ1) is 11.3. The van der Waals surface area contributed by atoms with Crippen LogP contribution in [-0.4, -0.2) is 17.8 Å². The van der Waals surface area contributed by atoms with E-state index in [9.17, 15) is 0 Å². The van der Waals surface area contributed by atoms with Crippen molar-refractivity contribution in [2.24, 2.45) is 0 Å². The SMILES string of the molecule is CCC(NCCc1ccccc1)Oc1ccc2ccccc2n1. The number of pyridine rings is 1. The van der Waals surface area contributed by atoms with Gasteiger partial charge in [0, 0.05) is 18.0 Å². The number of nitrogens with one attached hydrogen (secondary N) is 1. The first-order valence-electron chi connectivity index (χ1n) is 8.15. The smallest absolute Gasteiger partial charge is 0.215 e. The van der Waals surface area contributed by atoms with Crippen LogP contribution >= 0.6 is 0 Å². The van der Waals surface area contributed by atoms with Crippen molar-refractivity contribution < 1.29 is 4.74 Å². The van der Waals surface area contributed by atoms with E-state index in [0.29, 0.717) is 5.88 Å². The van der Waals surface area contributed by atoms with Gasteiger partial charge >= 0.3 is 0 Å². The van der Waals surface area contributed by atoms with Gasteiger partial charge < -0.3 is 4.74 Å². The van der Waals surface area contributed by atoms with Crippen molar-refractivity contribution >= 4 is 10.9 Å². The average Bonchev–Trinajstić information content (AvgIpc) is 2.61. The fourth-order valence-electron chi connectivity index (χ4n) is 2.55. The number of fused-ring (bicyclic) bond motifs is 1. The standard InChI is InChI=1S/C20H22N2O/c1-2-19(21-15-14-16-8-4-3-5-9-16)23-20-13-12-17-10-6-7-11-18(17)22-20/h3-13,19,21H,2,14-15H2,1H3. The molecule has 0 aliphatic heterocycles. The number of rotatable bonds is 7. The quantitative estimate of drug-likeness (QED) is 0.665. The summed E-state index contributed by atoms with van der Waals surface area (Å²) in [7, 11) is 0. The third-order valence-electron chi connectivity index (χ3n) is 3.84. The molecule has 1 aromatic heterocycles.